The van der Waals surface area contributed by atoms with E-state index in [0.717, 1.165) is 29.7 Å². The molecule has 1 aliphatic rings. The van der Waals surface area contributed by atoms with Crippen LogP contribution in [0.2, 0.25) is 0 Å². The van der Waals surface area contributed by atoms with Crippen LogP contribution in [0.4, 0.5) is 5.69 Å². The van der Waals surface area contributed by atoms with Gasteiger partial charge in [-0.1, -0.05) is 31.4 Å². The van der Waals surface area contributed by atoms with Crippen LogP contribution in [-0.4, -0.2) is 30.4 Å². The van der Waals surface area contributed by atoms with Gasteiger partial charge in [-0.2, -0.15) is 0 Å². The molecule has 1 aromatic rings. The maximum Gasteiger partial charge on any atom is 0.125 e. The molecule has 0 amide bonds. The molecule has 1 saturated heterocycles. The highest BCUT2D eigenvalue weighted by molar-refractivity contribution is 7.81. The molecule has 0 radical (unpaired) electrons. The van der Waals surface area contributed by atoms with Gasteiger partial charge in [-0.05, 0) is 50.9 Å². The molecule has 4 nitrogen and oxygen atoms in total. The Bertz CT molecular complexity index is 475. The summed E-state index contributed by atoms with van der Waals surface area (Å²) in [6.07, 6.45) is 5.98. The molecule has 1 fully saturated rings. The van der Waals surface area contributed by atoms with Crippen molar-refractivity contribution in [1.82, 2.24) is 4.90 Å². The van der Waals surface area contributed by atoms with E-state index in [2.05, 4.69) is 35.6 Å². The van der Waals surface area contributed by atoms with Gasteiger partial charge in [0, 0.05) is 11.6 Å². The van der Waals surface area contributed by atoms with Gasteiger partial charge >= 0.3 is 0 Å². The molecule has 0 aliphatic carbocycles. The molecule has 2 rings (SSSR count). The second-order valence-electron chi connectivity index (χ2n) is 5.53. The van der Waals surface area contributed by atoms with Crippen LogP contribution in [-0.2, 0) is 6.42 Å². The van der Waals surface area contributed by atoms with E-state index in [0.29, 0.717) is 6.04 Å². The lowest BCUT2D eigenvalue weighted by atomic mass is 9.94. The van der Waals surface area contributed by atoms with Crippen LogP contribution in [0.3, 0.4) is 0 Å². The van der Waals surface area contributed by atoms with Gasteiger partial charge in [0.05, 0.1) is 5.69 Å². The van der Waals surface area contributed by atoms with Crippen molar-refractivity contribution < 1.29 is 0 Å². The molecule has 1 heterocycles. The first-order chi connectivity index (χ1) is 9.63. The van der Waals surface area contributed by atoms with Crippen molar-refractivity contribution in [2.75, 3.05) is 18.3 Å². The van der Waals surface area contributed by atoms with Gasteiger partial charge in [-0.15, -0.1) is 0 Å². The molecule has 1 atom stereocenters. The fourth-order valence-corrected chi connectivity index (χ4v) is 3.24. The van der Waals surface area contributed by atoms with Crippen LogP contribution < -0.4 is 10.5 Å². The van der Waals surface area contributed by atoms with Crippen molar-refractivity contribution in [3.63, 3.8) is 0 Å². The quantitative estimate of drug-likeness (QED) is 0.383. The number of piperidine rings is 1. The fourth-order valence-electron chi connectivity index (χ4n) is 3.05. The van der Waals surface area contributed by atoms with Gasteiger partial charge in [0.15, 0.2) is 0 Å². The van der Waals surface area contributed by atoms with Crippen molar-refractivity contribution in [2.45, 2.75) is 38.1 Å². The van der Waals surface area contributed by atoms with Crippen LogP contribution in [0.15, 0.2) is 18.2 Å². The Morgan fingerprint density at radius 2 is 2.30 bits per heavy atom. The van der Waals surface area contributed by atoms with Crippen LogP contribution in [0.5, 0.6) is 0 Å². The van der Waals surface area contributed by atoms with E-state index >= 15 is 0 Å². The van der Waals surface area contributed by atoms with Crippen LogP contribution in [0, 0.1) is 5.41 Å². The lowest BCUT2D eigenvalue weighted by Gasteiger charge is -2.32. The normalized spacial score (nSPS) is 19.8. The number of hydrogen-bond acceptors (Lipinski definition) is 4. The largest absolute Gasteiger partial charge is 0.384 e. The average molecular weight is 292 g/mol. The number of thiol groups is 1. The topological polar surface area (TPSA) is 65.1 Å². The van der Waals surface area contributed by atoms with Gasteiger partial charge in [0.25, 0.3) is 0 Å². The number of benzene rings is 1. The van der Waals surface area contributed by atoms with E-state index in [4.69, 9.17) is 11.1 Å². The van der Waals surface area contributed by atoms with Crippen LogP contribution >= 0.6 is 12.8 Å². The van der Waals surface area contributed by atoms with E-state index in [1.54, 1.807) is 0 Å². The number of amidine groups is 1. The molecule has 0 aromatic heterocycles. The van der Waals surface area contributed by atoms with Crippen LogP contribution in [0.1, 0.15) is 36.8 Å². The third-order valence-corrected chi connectivity index (χ3v) is 4.45. The number of aryl methyl sites for hydroxylation is 1. The Labute approximate surface area is 126 Å². The van der Waals surface area contributed by atoms with E-state index in [1.165, 1.54) is 25.8 Å². The molecule has 110 valence electrons. The van der Waals surface area contributed by atoms with Crippen molar-refractivity contribution in [2.24, 2.45) is 5.73 Å². The Morgan fingerprint density at radius 1 is 1.50 bits per heavy atom. The molecule has 0 saturated carbocycles. The van der Waals surface area contributed by atoms with E-state index in [1.807, 2.05) is 12.1 Å². The van der Waals surface area contributed by atoms with Crippen molar-refractivity contribution >= 4 is 24.3 Å². The molecule has 0 spiro atoms. The minimum Gasteiger partial charge on any atom is -0.384 e. The first-order valence-corrected chi connectivity index (χ1v) is 7.65. The molecular weight excluding hydrogens is 268 g/mol. The molecule has 5 heteroatoms. The first kappa shape index (κ1) is 15.2. The Kier molecular flexibility index (Phi) is 5.31. The summed E-state index contributed by atoms with van der Waals surface area (Å²) >= 11 is 4.10. The monoisotopic (exact) mass is 292 g/mol. The number of rotatable bonds is 5. The highest BCUT2D eigenvalue weighted by Gasteiger charge is 2.19. The number of nitrogens with zero attached hydrogens (tertiary/aromatic N) is 1. The Morgan fingerprint density at radius 3 is 2.95 bits per heavy atom. The SMILES string of the molecule is CN1CCCCC1CCc1cccc(NS)c1C(=N)N. The zero-order valence-electron chi connectivity index (χ0n) is 12.0. The number of likely N-dealkylation sites (tertiary alicyclic amines) is 1. The van der Waals surface area contributed by atoms with Crippen LogP contribution in [0.25, 0.3) is 0 Å². The summed E-state index contributed by atoms with van der Waals surface area (Å²) in [5, 5.41) is 7.78. The third-order valence-electron chi connectivity index (χ3n) is 4.21. The van der Waals surface area contributed by atoms with Gasteiger partial charge in [-0.25, -0.2) is 0 Å². The molecule has 4 N–H and O–H groups in total. The summed E-state index contributed by atoms with van der Waals surface area (Å²) in [7, 11) is 2.21. The summed E-state index contributed by atoms with van der Waals surface area (Å²) in [5.41, 5.74) is 8.47. The fraction of sp³-hybridized carbons (Fsp3) is 0.533. The second-order valence-corrected chi connectivity index (χ2v) is 5.76. The maximum atomic E-state index is 7.78. The molecule has 20 heavy (non-hydrogen) atoms. The zero-order chi connectivity index (χ0) is 14.5. The highest BCUT2D eigenvalue weighted by Crippen LogP contribution is 2.24. The second kappa shape index (κ2) is 6.99. The number of nitrogens with one attached hydrogen (secondary N) is 2. The smallest absolute Gasteiger partial charge is 0.125 e. The standard InChI is InChI=1S/C15H24N4S/c1-19-10-3-2-6-12(19)9-8-11-5-4-7-13(18-20)14(11)15(16)17/h4-5,7,12,18,20H,2-3,6,8-10H2,1H3,(H3,16,17). The number of hydrogen-bond donors (Lipinski definition) is 4. The predicted molar refractivity (Wildman–Crippen MR) is 88.7 cm³/mol. The summed E-state index contributed by atoms with van der Waals surface area (Å²) in [4.78, 5) is 2.46. The number of nitrogens with two attached hydrogens (primary N) is 1. The maximum absolute atomic E-state index is 7.78. The van der Waals surface area contributed by atoms with Gasteiger partial charge in [-0.3, -0.25) is 5.41 Å². The number of anilines is 1. The van der Waals surface area contributed by atoms with Crippen molar-refractivity contribution in [3.8, 4) is 0 Å². The summed E-state index contributed by atoms with van der Waals surface area (Å²) in [5.74, 6) is 0.106. The minimum atomic E-state index is 0.106. The van der Waals surface area contributed by atoms with Crippen molar-refractivity contribution in [3.05, 3.63) is 29.3 Å². The van der Waals surface area contributed by atoms with Gasteiger partial charge in [0.1, 0.15) is 5.84 Å². The predicted octanol–water partition coefficient (Wildman–Crippen LogP) is 2.64. The summed E-state index contributed by atoms with van der Waals surface area (Å²) in [6, 6.07) is 6.61. The van der Waals surface area contributed by atoms with E-state index in [-0.39, 0.29) is 5.84 Å². The summed E-state index contributed by atoms with van der Waals surface area (Å²) < 4.78 is 2.83. The number of nitrogen functional groups attached to an aromatic ring is 1. The van der Waals surface area contributed by atoms with E-state index in [9.17, 15) is 0 Å². The molecule has 1 aromatic carbocycles. The Balaban J connectivity index is 2.10. The summed E-state index contributed by atoms with van der Waals surface area (Å²) in [6.45, 7) is 1.20. The lowest BCUT2D eigenvalue weighted by Crippen LogP contribution is -2.36. The van der Waals surface area contributed by atoms with Crippen molar-refractivity contribution in [1.29, 1.82) is 5.41 Å². The Hall–Kier alpha value is -1.20. The molecule has 0 bridgehead atoms. The first-order valence-electron chi connectivity index (χ1n) is 7.20. The zero-order valence-corrected chi connectivity index (χ0v) is 12.9. The molecule has 1 aliphatic heterocycles. The minimum absolute atomic E-state index is 0.106. The van der Waals surface area contributed by atoms with Gasteiger partial charge < -0.3 is 15.4 Å². The average Bonchev–Trinajstić information content (AvgIpc) is 2.45. The third kappa shape index (κ3) is 3.46. The highest BCUT2D eigenvalue weighted by atomic mass is 32.1. The lowest BCUT2D eigenvalue weighted by molar-refractivity contribution is 0.176. The van der Waals surface area contributed by atoms with E-state index < -0.39 is 0 Å². The molecular formula is C15H24N4S. The van der Waals surface area contributed by atoms with Gasteiger partial charge in [0.2, 0.25) is 0 Å². The molecule has 1 unspecified atom stereocenters.